The van der Waals surface area contributed by atoms with E-state index in [-0.39, 0.29) is 5.91 Å². The Balaban J connectivity index is 2.32. The first-order chi connectivity index (χ1) is 8.20. The second kappa shape index (κ2) is 5.17. The second-order valence-corrected chi connectivity index (χ2v) is 4.32. The number of rotatable bonds is 2. The highest BCUT2D eigenvalue weighted by molar-refractivity contribution is 14.1. The third-order valence-electron chi connectivity index (χ3n) is 2.10. The van der Waals surface area contributed by atoms with Gasteiger partial charge in [-0.3, -0.25) is 9.78 Å². The Bertz CT molecular complexity index is 541. The van der Waals surface area contributed by atoms with E-state index in [0.717, 1.165) is 9.26 Å². The lowest BCUT2D eigenvalue weighted by Crippen LogP contribution is -2.18. The third-order valence-corrected chi connectivity index (χ3v) is 2.70. The molecule has 0 saturated heterocycles. The van der Waals surface area contributed by atoms with E-state index >= 15 is 0 Å². The highest BCUT2D eigenvalue weighted by atomic mass is 127. The summed E-state index contributed by atoms with van der Waals surface area (Å²) in [4.78, 5) is 23.8. The number of amides is 1. The van der Waals surface area contributed by atoms with Crippen molar-refractivity contribution in [3.8, 4) is 11.4 Å². The first-order valence-corrected chi connectivity index (χ1v) is 5.95. The second-order valence-electron chi connectivity index (χ2n) is 3.21. The van der Waals surface area contributed by atoms with Gasteiger partial charge in [-0.15, -0.1) is 0 Å². The predicted octanol–water partition coefficient (Wildman–Crippen LogP) is 1.50. The lowest BCUT2D eigenvalue weighted by Gasteiger charge is -2.01. The Labute approximate surface area is 112 Å². The van der Waals surface area contributed by atoms with Crippen LogP contribution in [0, 0.1) is 3.70 Å². The topological polar surface area (TPSA) is 67.8 Å². The SMILES string of the molecule is CNC(=O)c1ccc(-c2nccc(I)n2)cn1. The van der Waals surface area contributed by atoms with Gasteiger partial charge in [0.2, 0.25) is 0 Å². The zero-order valence-electron chi connectivity index (χ0n) is 9.01. The molecule has 0 unspecified atom stereocenters. The molecule has 1 N–H and O–H groups in total. The van der Waals surface area contributed by atoms with E-state index in [1.54, 1.807) is 31.6 Å². The Morgan fingerprint density at radius 2 is 2.12 bits per heavy atom. The highest BCUT2D eigenvalue weighted by Crippen LogP contribution is 2.14. The molecule has 17 heavy (non-hydrogen) atoms. The molecule has 0 fully saturated rings. The van der Waals surface area contributed by atoms with Crippen LogP contribution in [0.5, 0.6) is 0 Å². The standard InChI is InChI=1S/C11H9IN4O/c1-13-11(17)8-3-2-7(6-15-8)10-14-5-4-9(12)16-10/h2-6H,1H3,(H,13,17). The summed E-state index contributed by atoms with van der Waals surface area (Å²) in [5.74, 6) is 0.396. The molecular weight excluding hydrogens is 331 g/mol. The zero-order chi connectivity index (χ0) is 12.3. The Kier molecular flexibility index (Phi) is 3.62. The van der Waals surface area contributed by atoms with Crippen LogP contribution in [0.1, 0.15) is 10.5 Å². The van der Waals surface area contributed by atoms with Crippen LogP contribution in [-0.4, -0.2) is 27.9 Å². The van der Waals surface area contributed by atoms with Crippen molar-refractivity contribution in [3.63, 3.8) is 0 Å². The van der Waals surface area contributed by atoms with Gasteiger partial charge in [0.15, 0.2) is 5.82 Å². The van der Waals surface area contributed by atoms with Crippen molar-refractivity contribution in [2.24, 2.45) is 0 Å². The fourth-order valence-electron chi connectivity index (χ4n) is 1.26. The van der Waals surface area contributed by atoms with Gasteiger partial charge in [0, 0.05) is 25.0 Å². The van der Waals surface area contributed by atoms with Crippen LogP contribution in [0.4, 0.5) is 0 Å². The number of halogens is 1. The Hall–Kier alpha value is -1.57. The van der Waals surface area contributed by atoms with Gasteiger partial charge in [-0.2, -0.15) is 0 Å². The first-order valence-electron chi connectivity index (χ1n) is 4.88. The number of carbonyl (C=O) groups excluding carboxylic acids is 1. The van der Waals surface area contributed by atoms with E-state index < -0.39 is 0 Å². The summed E-state index contributed by atoms with van der Waals surface area (Å²) < 4.78 is 0.864. The van der Waals surface area contributed by atoms with Crippen LogP contribution in [0.2, 0.25) is 0 Å². The molecular formula is C11H9IN4O. The van der Waals surface area contributed by atoms with Crippen molar-refractivity contribution < 1.29 is 4.79 Å². The number of aromatic nitrogens is 3. The van der Waals surface area contributed by atoms with Crippen molar-refractivity contribution in [1.29, 1.82) is 0 Å². The maximum Gasteiger partial charge on any atom is 0.269 e. The largest absolute Gasteiger partial charge is 0.354 e. The molecule has 1 amide bonds. The lowest BCUT2D eigenvalue weighted by molar-refractivity contribution is 0.0958. The van der Waals surface area contributed by atoms with Crippen molar-refractivity contribution in [2.45, 2.75) is 0 Å². The third kappa shape index (κ3) is 2.76. The minimum absolute atomic E-state index is 0.208. The number of pyridine rings is 1. The molecule has 2 heterocycles. The molecule has 86 valence electrons. The van der Waals surface area contributed by atoms with Gasteiger partial charge in [-0.1, -0.05) is 0 Å². The van der Waals surface area contributed by atoms with Gasteiger partial charge < -0.3 is 5.32 Å². The molecule has 2 rings (SSSR count). The van der Waals surface area contributed by atoms with Crippen molar-refractivity contribution in [2.75, 3.05) is 7.05 Å². The molecule has 0 aromatic carbocycles. The molecule has 0 bridgehead atoms. The van der Waals surface area contributed by atoms with E-state index in [9.17, 15) is 4.79 Å². The van der Waals surface area contributed by atoms with Crippen LogP contribution < -0.4 is 5.32 Å². The average Bonchev–Trinajstić information content (AvgIpc) is 2.38. The van der Waals surface area contributed by atoms with Gasteiger partial charge in [0.05, 0.1) is 0 Å². The van der Waals surface area contributed by atoms with E-state index in [1.807, 2.05) is 6.07 Å². The number of nitrogens with one attached hydrogen (secondary N) is 1. The summed E-state index contributed by atoms with van der Waals surface area (Å²) in [5.41, 5.74) is 1.16. The van der Waals surface area contributed by atoms with Gasteiger partial charge in [-0.25, -0.2) is 9.97 Å². The van der Waals surface area contributed by atoms with E-state index in [4.69, 9.17) is 0 Å². The predicted molar refractivity (Wildman–Crippen MR) is 71.4 cm³/mol. The van der Waals surface area contributed by atoms with Crippen molar-refractivity contribution in [1.82, 2.24) is 20.3 Å². The summed E-state index contributed by atoms with van der Waals surface area (Å²) in [5, 5.41) is 2.52. The molecule has 5 nitrogen and oxygen atoms in total. The van der Waals surface area contributed by atoms with Crippen LogP contribution in [0.3, 0.4) is 0 Å². The molecule has 2 aromatic rings. The fourth-order valence-corrected chi connectivity index (χ4v) is 1.65. The number of hydrogen-bond acceptors (Lipinski definition) is 4. The van der Waals surface area contributed by atoms with E-state index in [2.05, 4.69) is 42.9 Å². The fraction of sp³-hybridized carbons (Fsp3) is 0.0909. The van der Waals surface area contributed by atoms with Crippen molar-refractivity contribution >= 4 is 28.5 Å². The van der Waals surface area contributed by atoms with Gasteiger partial charge in [0.25, 0.3) is 5.91 Å². The number of nitrogens with zero attached hydrogens (tertiary/aromatic N) is 3. The van der Waals surface area contributed by atoms with Crippen LogP contribution in [-0.2, 0) is 0 Å². The summed E-state index contributed by atoms with van der Waals surface area (Å²) in [6.07, 6.45) is 3.28. The molecule has 0 aliphatic carbocycles. The summed E-state index contributed by atoms with van der Waals surface area (Å²) in [6, 6.07) is 5.25. The zero-order valence-corrected chi connectivity index (χ0v) is 11.2. The number of carbonyl (C=O) groups is 1. The van der Waals surface area contributed by atoms with E-state index in [0.29, 0.717) is 11.5 Å². The molecule has 0 radical (unpaired) electrons. The summed E-state index contributed by atoms with van der Waals surface area (Å²) >= 11 is 2.12. The van der Waals surface area contributed by atoms with Crippen LogP contribution in [0.25, 0.3) is 11.4 Å². The number of hydrogen-bond donors (Lipinski definition) is 1. The molecule has 0 aliphatic rings. The highest BCUT2D eigenvalue weighted by Gasteiger charge is 2.06. The normalized spacial score (nSPS) is 10.0. The molecule has 0 saturated carbocycles. The van der Waals surface area contributed by atoms with Gasteiger partial charge in [-0.05, 0) is 40.8 Å². The average molecular weight is 340 g/mol. The Morgan fingerprint density at radius 3 is 2.71 bits per heavy atom. The van der Waals surface area contributed by atoms with Crippen molar-refractivity contribution in [3.05, 3.63) is 40.0 Å². The first kappa shape index (κ1) is 11.9. The molecule has 0 spiro atoms. The molecule has 0 atom stereocenters. The molecule has 0 aliphatic heterocycles. The van der Waals surface area contributed by atoms with Gasteiger partial charge >= 0.3 is 0 Å². The van der Waals surface area contributed by atoms with E-state index in [1.165, 1.54) is 0 Å². The van der Waals surface area contributed by atoms with Gasteiger partial charge in [0.1, 0.15) is 9.39 Å². The molecule has 6 heteroatoms. The molecule has 2 aromatic heterocycles. The smallest absolute Gasteiger partial charge is 0.269 e. The summed E-state index contributed by atoms with van der Waals surface area (Å²) in [7, 11) is 1.57. The lowest BCUT2D eigenvalue weighted by atomic mass is 10.2. The quantitative estimate of drug-likeness (QED) is 0.665. The maximum absolute atomic E-state index is 11.3. The maximum atomic E-state index is 11.3. The Morgan fingerprint density at radius 1 is 1.29 bits per heavy atom. The van der Waals surface area contributed by atoms with Crippen LogP contribution in [0.15, 0.2) is 30.6 Å². The monoisotopic (exact) mass is 340 g/mol. The minimum Gasteiger partial charge on any atom is -0.354 e. The summed E-state index contributed by atoms with van der Waals surface area (Å²) in [6.45, 7) is 0. The van der Waals surface area contributed by atoms with Crippen LogP contribution >= 0.6 is 22.6 Å². The minimum atomic E-state index is -0.208.